The van der Waals surface area contributed by atoms with Crippen LogP contribution >= 0.6 is 0 Å². The first-order chi connectivity index (χ1) is 9.11. The fourth-order valence-corrected chi connectivity index (χ4v) is 1.94. The molecule has 0 spiro atoms. The van der Waals surface area contributed by atoms with E-state index in [1.807, 2.05) is 24.6 Å². The Labute approximate surface area is 111 Å². The van der Waals surface area contributed by atoms with Crippen molar-refractivity contribution in [2.45, 2.75) is 33.0 Å². The largest absolute Gasteiger partial charge is 0.334 e. The minimum atomic E-state index is -0.822. The summed E-state index contributed by atoms with van der Waals surface area (Å²) in [6, 6.07) is 3.88. The van der Waals surface area contributed by atoms with Gasteiger partial charge >= 0.3 is 0 Å². The van der Waals surface area contributed by atoms with Gasteiger partial charge in [-0.1, -0.05) is 6.07 Å². The molecule has 0 aliphatic carbocycles. The third-order valence-corrected chi connectivity index (χ3v) is 3.15. The minimum Gasteiger partial charge on any atom is -0.334 e. The van der Waals surface area contributed by atoms with Crippen molar-refractivity contribution in [3.05, 3.63) is 53.6 Å². The molecule has 1 atom stereocenters. The second-order valence-corrected chi connectivity index (χ2v) is 4.41. The molecule has 0 saturated carbocycles. The van der Waals surface area contributed by atoms with Gasteiger partial charge in [-0.05, 0) is 31.5 Å². The average Bonchev–Trinajstić information content (AvgIpc) is 2.86. The van der Waals surface area contributed by atoms with E-state index in [0.29, 0.717) is 12.1 Å². The molecule has 1 N–H and O–H groups in total. The maximum Gasteiger partial charge on any atom is 0.159 e. The molecule has 3 nitrogen and oxygen atoms in total. The maximum atomic E-state index is 13.2. The summed E-state index contributed by atoms with van der Waals surface area (Å²) >= 11 is 0. The van der Waals surface area contributed by atoms with Crippen LogP contribution in [0.4, 0.5) is 8.78 Å². The lowest BCUT2D eigenvalue weighted by Gasteiger charge is -2.14. The van der Waals surface area contributed by atoms with E-state index in [2.05, 4.69) is 10.3 Å². The highest BCUT2D eigenvalue weighted by Crippen LogP contribution is 2.16. The standard InChI is InChI=1S/C14H17F2N3/c1-3-19-7-6-17-14(19)9-18-10(2)11-4-5-12(15)13(16)8-11/h4-8,10,18H,3,9H2,1-2H3. The highest BCUT2D eigenvalue weighted by Gasteiger charge is 2.10. The normalized spacial score (nSPS) is 12.6. The highest BCUT2D eigenvalue weighted by atomic mass is 19.2. The lowest BCUT2D eigenvalue weighted by atomic mass is 10.1. The molecule has 0 fully saturated rings. The molecule has 2 rings (SSSR count). The van der Waals surface area contributed by atoms with Crippen molar-refractivity contribution in [1.82, 2.24) is 14.9 Å². The number of halogens is 2. The molecule has 0 aliphatic rings. The Morgan fingerprint density at radius 3 is 2.79 bits per heavy atom. The number of aromatic nitrogens is 2. The zero-order valence-corrected chi connectivity index (χ0v) is 11.0. The van der Waals surface area contributed by atoms with Gasteiger partial charge in [0.25, 0.3) is 0 Å². The summed E-state index contributed by atoms with van der Waals surface area (Å²) in [5.41, 5.74) is 0.716. The number of aryl methyl sites for hydroxylation is 1. The van der Waals surface area contributed by atoms with Crippen molar-refractivity contribution in [1.29, 1.82) is 0 Å². The van der Waals surface area contributed by atoms with Gasteiger partial charge in [-0.15, -0.1) is 0 Å². The van der Waals surface area contributed by atoms with E-state index in [0.717, 1.165) is 18.4 Å². The topological polar surface area (TPSA) is 29.9 Å². The first-order valence-corrected chi connectivity index (χ1v) is 6.30. The Bertz CT molecular complexity index is 551. The quantitative estimate of drug-likeness (QED) is 0.900. The van der Waals surface area contributed by atoms with E-state index in [9.17, 15) is 8.78 Å². The Morgan fingerprint density at radius 2 is 2.11 bits per heavy atom. The third-order valence-electron chi connectivity index (χ3n) is 3.15. The SMILES string of the molecule is CCn1ccnc1CNC(C)c1ccc(F)c(F)c1. The van der Waals surface area contributed by atoms with Crippen LogP contribution < -0.4 is 5.32 Å². The zero-order valence-electron chi connectivity index (χ0n) is 11.0. The number of hydrogen-bond acceptors (Lipinski definition) is 2. The second-order valence-electron chi connectivity index (χ2n) is 4.41. The summed E-state index contributed by atoms with van der Waals surface area (Å²) in [6.07, 6.45) is 3.67. The van der Waals surface area contributed by atoms with Crippen LogP contribution in [0.1, 0.15) is 31.3 Å². The number of nitrogens with one attached hydrogen (secondary N) is 1. The highest BCUT2D eigenvalue weighted by molar-refractivity contribution is 5.20. The number of nitrogens with zero attached hydrogens (tertiary/aromatic N) is 2. The lowest BCUT2D eigenvalue weighted by molar-refractivity contribution is 0.497. The van der Waals surface area contributed by atoms with Crippen LogP contribution in [0.2, 0.25) is 0 Å². The molecule has 1 unspecified atom stereocenters. The lowest BCUT2D eigenvalue weighted by Crippen LogP contribution is -2.20. The summed E-state index contributed by atoms with van der Waals surface area (Å²) in [4.78, 5) is 4.25. The van der Waals surface area contributed by atoms with Crippen LogP contribution in [0.5, 0.6) is 0 Å². The maximum absolute atomic E-state index is 13.2. The van der Waals surface area contributed by atoms with Crippen molar-refractivity contribution >= 4 is 0 Å². The van der Waals surface area contributed by atoms with Crippen LogP contribution in [0.15, 0.2) is 30.6 Å². The fraction of sp³-hybridized carbons (Fsp3) is 0.357. The molecule has 0 radical (unpaired) electrons. The van der Waals surface area contributed by atoms with Crippen LogP contribution in [0.25, 0.3) is 0 Å². The van der Waals surface area contributed by atoms with Gasteiger partial charge in [0.05, 0.1) is 6.54 Å². The first-order valence-electron chi connectivity index (χ1n) is 6.30. The average molecular weight is 265 g/mol. The van der Waals surface area contributed by atoms with Crippen LogP contribution in [-0.2, 0) is 13.1 Å². The number of rotatable bonds is 5. The molecular weight excluding hydrogens is 248 g/mol. The second kappa shape index (κ2) is 5.93. The summed E-state index contributed by atoms with van der Waals surface area (Å²) in [5.74, 6) is -0.712. The van der Waals surface area contributed by atoms with E-state index in [-0.39, 0.29) is 6.04 Å². The summed E-state index contributed by atoms with van der Waals surface area (Å²) in [5, 5.41) is 3.25. The van der Waals surface area contributed by atoms with Gasteiger partial charge in [0.15, 0.2) is 11.6 Å². The molecule has 1 heterocycles. The summed E-state index contributed by atoms with van der Waals surface area (Å²) in [6.45, 7) is 5.40. The van der Waals surface area contributed by atoms with E-state index in [4.69, 9.17) is 0 Å². The van der Waals surface area contributed by atoms with Crippen molar-refractivity contribution < 1.29 is 8.78 Å². The molecular formula is C14H17F2N3. The van der Waals surface area contributed by atoms with E-state index < -0.39 is 11.6 Å². The van der Waals surface area contributed by atoms with Gasteiger partial charge in [-0.25, -0.2) is 13.8 Å². The van der Waals surface area contributed by atoms with Crippen LogP contribution in [-0.4, -0.2) is 9.55 Å². The number of benzene rings is 1. The minimum absolute atomic E-state index is 0.0721. The molecule has 5 heteroatoms. The predicted octanol–water partition coefficient (Wildman–Crippen LogP) is 3.03. The first kappa shape index (κ1) is 13.7. The molecule has 2 aromatic rings. The van der Waals surface area contributed by atoms with Crippen molar-refractivity contribution in [2.24, 2.45) is 0 Å². The Hall–Kier alpha value is -1.75. The Kier molecular flexibility index (Phi) is 4.27. The fourth-order valence-electron chi connectivity index (χ4n) is 1.94. The van der Waals surface area contributed by atoms with Crippen molar-refractivity contribution in [3.63, 3.8) is 0 Å². The molecule has 102 valence electrons. The van der Waals surface area contributed by atoms with Gasteiger partial charge in [0, 0.05) is 25.0 Å². The van der Waals surface area contributed by atoms with Gasteiger partial charge in [0.2, 0.25) is 0 Å². The monoisotopic (exact) mass is 265 g/mol. The van der Waals surface area contributed by atoms with Gasteiger partial charge in [-0.3, -0.25) is 0 Å². The van der Waals surface area contributed by atoms with Gasteiger partial charge in [0.1, 0.15) is 5.82 Å². The van der Waals surface area contributed by atoms with E-state index in [1.165, 1.54) is 6.07 Å². The zero-order chi connectivity index (χ0) is 13.8. The molecule has 1 aromatic heterocycles. The Morgan fingerprint density at radius 1 is 1.32 bits per heavy atom. The summed E-state index contributed by atoms with van der Waals surface area (Å²) in [7, 11) is 0. The number of hydrogen-bond donors (Lipinski definition) is 1. The predicted molar refractivity (Wildman–Crippen MR) is 69.5 cm³/mol. The van der Waals surface area contributed by atoms with Gasteiger partial charge in [-0.2, -0.15) is 0 Å². The van der Waals surface area contributed by atoms with Crippen LogP contribution in [0, 0.1) is 11.6 Å². The number of imidazole rings is 1. The van der Waals surface area contributed by atoms with E-state index in [1.54, 1.807) is 12.3 Å². The molecule has 19 heavy (non-hydrogen) atoms. The third kappa shape index (κ3) is 3.17. The Balaban J connectivity index is 2.01. The van der Waals surface area contributed by atoms with E-state index >= 15 is 0 Å². The molecule has 0 bridgehead atoms. The molecule has 0 amide bonds. The molecule has 0 aliphatic heterocycles. The summed E-state index contributed by atoms with van der Waals surface area (Å²) < 4.78 is 28.0. The smallest absolute Gasteiger partial charge is 0.159 e. The van der Waals surface area contributed by atoms with Gasteiger partial charge < -0.3 is 9.88 Å². The molecule has 0 saturated heterocycles. The van der Waals surface area contributed by atoms with Crippen LogP contribution in [0.3, 0.4) is 0 Å². The van der Waals surface area contributed by atoms with Crippen molar-refractivity contribution in [3.8, 4) is 0 Å². The van der Waals surface area contributed by atoms with Crippen molar-refractivity contribution in [2.75, 3.05) is 0 Å². The molecule has 1 aromatic carbocycles.